The molecule has 0 spiro atoms. The van der Waals surface area contributed by atoms with Gasteiger partial charge in [0.1, 0.15) is 29.5 Å². The second-order valence-corrected chi connectivity index (χ2v) is 11.4. The number of carbonyl (C=O) groups excluding carboxylic acids is 2. The van der Waals surface area contributed by atoms with E-state index in [1.54, 1.807) is 21.0 Å². The van der Waals surface area contributed by atoms with Crippen LogP contribution in [0.25, 0.3) is 0 Å². The number of Topliss-reactive ketones (excluding diaryl/α,β-unsaturated/α-hetero) is 1. The van der Waals surface area contributed by atoms with Crippen molar-refractivity contribution in [3.05, 3.63) is 0 Å². The number of cyclic esters (lactones) is 1. The zero-order chi connectivity index (χ0) is 27.4. The third kappa shape index (κ3) is 6.47. The first-order chi connectivity index (χ1) is 16.7. The predicted octanol–water partition coefficient (Wildman–Crippen LogP) is 2.71. The fourth-order valence-corrected chi connectivity index (χ4v) is 5.65. The van der Waals surface area contributed by atoms with E-state index >= 15 is 0 Å². The first-order valence-corrected chi connectivity index (χ1v) is 13.3. The lowest BCUT2D eigenvalue weighted by Crippen LogP contribution is -2.56. The number of oxime groups is 1. The average molecular weight is 513 g/mol. The Bertz CT molecular complexity index is 795. The molecule has 0 aromatic carbocycles. The van der Waals surface area contributed by atoms with Gasteiger partial charge in [0.2, 0.25) is 0 Å². The minimum Gasteiger partial charge on any atom is -0.459 e. The maximum Gasteiger partial charge on any atom is 0.316 e. The largest absolute Gasteiger partial charge is 0.459 e. The molecule has 0 saturated carbocycles. The minimum atomic E-state index is -1.78. The number of hydrogen-bond acceptors (Lipinski definition) is 9. The number of nitrogens with zero attached hydrogens (tertiary/aromatic N) is 1. The number of hydrogen-bond donors (Lipinski definition) is 3. The summed E-state index contributed by atoms with van der Waals surface area (Å²) in [6, 6.07) is 0. The molecule has 9 nitrogen and oxygen atoms in total. The second-order valence-electron chi connectivity index (χ2n) is 11.4. The van der Waals surface area contributed by atoms with Crippen LogP contribution in [0.1, 0.15) is 74.7 Å². The van der Waals surface area contributed by atoms with Crippen LogP contribution >= 0.6 is 0 Å². The van der Waals surface area contributed by atoms with E-state index in [0.717, 1.165) is 13.0 Å². The molecule has 1 unspecified atom stereocenters. The van der Waals surface area contributed by atoms with E-state index in [2.05, 4.69) is 10.5 Å². The van der Waals surface area contributed by atoms with Crippen molar-refractivity contribution in [2.24, 2.45) is 34.7 Å². The number of aliphatic hydroxyl groups is 2. The third-order valence-corrected chi connectivity index (χ3v) is 8.77. The van der Waals surface area contributed by atoms with E-state index in [4.69, 9.17) is 14.3 Å². The first kappa shape index (κ1) is 30.7. The van der Waals surface area contributed by atoms with E-state index in [9.17, 15) is 19.8 Å². The Balaban J connectivity index is 2.57. The number of ketones is 1. The Hall–Kier alpha value is -1.55. The highest BCUT2D eigenvalue weighted by Crippen LogP contribution is 2.38. The smallest absolute Gasteiger partial charge is 0.316 e. The van der Waals surface area contributed by atoms with Gasteiger partial charge in [0.05, 0.1) is 17.4 Å². The number of nitrogens with one attached hydrogen (secondary N) is 1. The summed E-state index contributed by atoms with van der Waals surface area (Å²) in [6.07, 6.45) is -0.779. The lowest BCUT2D eigenvalue weighted by atomic mass is 9.71. The van der Waals surface area contributed by atoms with Crippen LogP contribution in [0, 0.1) is 29.6 Å². The molecular weight excluding hydrogens is 464 g/mol. The van der Waals surface area contributed by atoms with Crippen molar-refractivity contribution in [2.45, 2.75) is 104 Å². The Morgan fingerprint density at radius 1 is 1.14 bits per heavy atom. The molecule has 2 saturated heterocycles. The van der Waals surface area contributed by atoms with Crippen LogP contribution in [0.5, 0.6) is 0 Å². The monoisotopic (exact) mass is 512 g/mol. The van der Waals surface area contributed by atoms with Crippen molar-refractivity contribution in [1.29, 1.82) is 0 Å². The molecule has 2 fully saturated rings. The molecule has 2 aliphatic heterocycles. The van der Waals surface area contributed by atoms with Crippen LogP contribution in [0.4, 0.5) is 0 Å². The van der Waals surface area contributed by atoms with Crippen LogP contribution in [0.3, 0.4) is 0 Å². The van der Waals surface area contributed by atoms with Gasteiger partial charge in [-0.05, 0) is 46.1 Å². The quantitative estimate of drug-likeness (QED) is 0.298. The summed E-state index contributed by atoms with van der Waals surface area (Å²) < 4.78 is 11.6. The van der Waals surface area contributed by atoms with Crippen LogP contribution in [-0.4, -0.2) is 77.4 Å². The molecule has 2 aliphatic rings. The number of carbonyl (C=O) groups is 2. The highest BCUT2D eigenvalue weighted by molar-refractivity contribution is 5.99. The summed E-state index contributed by atoms with van der Waals surface area (Å²) in [5.74, 6) is -3.45. The lowest BCUT2D eigenvalue weighted by molar-refractivity contribution is -0.187. The van der Waals surface area contributed by atoms with Crippen LogP contribution in [-0.2, 0) is 23.9 Å². The van der Waals surface area contributed by atoms with Gasteiger partial charge in [0, 0.05) is 37.8 Å². The molecule has 0 amide bonds. The normalized spacial score (nSPS) is 44.8. The van der Waals surface area contributed by atoms with Crippen LogP contribution < -0.4 is 5.32 Å². The summed E-state index contributed by atoms with van der Waals surface area (Å²) in [4.78, 5) is 32.1. The highest BCUT2D eigenvalue weighted by Gasteiger charge is 2.48. The summed E-state index contributed by atoms with van der Waals surface area (Å²) in [5.41, 5.74) is -1.91. The zero-order valence-corrected chi connectivity index (χ0v) is 23.5. The maximum absolute atomic E-state index is 13.3. The Morgan fingerprint density at radius 3 is 2.31 bits per heavy atom. The van der Waals surface area contributed by atoms with Gasteiger partial charge in [-0.2, -0.15) is 0 Å². The molecule has 36 heavy (non-hydrogen) atoms. The molecule has 208 valence electrons. The summed E-state index contributed by atoms with van der Waals surface area (Å²) in [6.45, 7) is 15.8. The molecule has 0 bridgehead atoms. The van der Waals surface area contributed by atoms with Gasteiger partial charge in [0.15, 0.2) is 0 Å². The molecule has 3 N–H and O–H groups in total. The minimum absolute atomic E-state index is 0.0705. The maximum atomic E-state index is 13.3. The Kier molecular flexibility index (Phi) is 10.5. The van der Waals surface area contributed by atoms with Crippen molar-refractivity contribution in [3.63, 3.8) is 0 Å². The van der Waals surface area contributed by atoms with E-state index < -0.39 is 47.1 Å². The van der Waals surface area contributed by atoms with Gasteiger partial charge in [0.25, 0.3) is 0 Å². The van der Waals surface area contributed by atoms with Crippen LogP contribution in [0.15, 0.2) is 5.16 Å². The Labute approximate surface area is 216 Å². The fraction of sp³-hybridized carbons (Fsp3) is 0.889. The molecule has 0 aromatic heterocycles. The van der Waals surface area contributed by atoms with Crippen molar-refractivity contribution in [3.8, 4) is 0 Å². The number of methoxy groups -OCH3 is 1. The average Bonchev–Trinajstić information content (AvgIpc) is 3.37. The summed E-state index contributed by atoms with van der Waals surface area (Å²) in [5, 5.41) is 30.6. The lowest BCUT2D eigenvalue weighted by Gasteiger charge is -2.43. The van der Waals surface area contributed by atoms with E-state index in [1.165, 1.54) is 13.8 Å². The fourth-order valence-electron chi connectivity index (χ4n) is 5.65. The molecule has 2 rings (SSSR count). The van der Waals surface area contributed by atoms with Gasteiger partial charge >= 0.3 is 5.97 Å². The molecule has 9 heteroatoms. The predicted molar refractivity (Wildman–Crippen MR) is 137 cm³/mol. The zero-order valence-electron chi connectivity index (χ0n) is 23.5. The van der Waals surface area contributed by atoms with Gasteiger partial charge in [-0.3, -0.25) is 9.59 Å². The van der Waals surface area contributed by atoms with Gasteiger partial charge in [-0.1, -0.05) is 39.8 Å². The van der Waals surface area contributed by atoms with Crippen molar-refractivity contribution in [1.82, 2.24) is 5.32 Å². The number of ether oxygens (including phenoxy) is 2. The van der Waals surface area contributed by atoms with Crippen molar-refractivity contribution in [2.75, 3.05) is 20.2 Å². The third-order valence-electron chi connectivity index (χ3n) is 8.77. The van der Waals surface area contributed by atoms with Gasteiger partial charge in [-0.15, -0.1) is 0 Å². The van der Waals surface area contributed by atoms with E-state index in [1.807, 2.05) is 27.7 Å². The highest BCUT2D eigenvalue weighted by atomic mass is 16.6. The molecule has 0 aliphatic carbocycles. The molecule has 0 aromatic rings. The Morgan fingerprint density at radius 2 is 1.78 bits per heavy atom. The molecule has 10 atom stereocenters. The summed E-state index contributed by atoms with van der Waals surface area (Å²) >= 11 is 0. The van der Waals surface area contributed by atoms with Crippen molar-refractivity contribution >= 4 is 17.5 Å². The molecule has 2 heterocycles. The molecule has 0 radical (unpaired) electrons. The topological polar surface area (TPSA) is 127 Å². The van der Waals surface area contributed by atoms with Crippen LogP contribution in [0.2, 0.25) is 0 Å². The van der Waals surface area contributed by atoms with E-state index in [-0.39, 0.29) is 30.1 Å². The first-order valence-electron chi connectivity index (χ1n) is 13.3. The number of aliphatic hydroxyl groups excluding tert-OH is 1. The summed E-state index contributed by atoms with van der Waals surface area (Å²) in [7, 11) is 1.62. The number of esters is 1. The number of rotatable bonds is 4. The van der Waals surface area contributed by atoms with Gasteiger partial charge in [-0.25, -0.2) is 0 Å². The van der Waals surface area contributed by atoms with Gasteiger partial charge < -0.3 is 29.8 Å². The molecular formula is C27H48N2O7. The second kappa shape index (κ2) is 12.3. The standard InChI is InChI=1S/C27H48N2O7/c1-10-21-27(8,33)24(31)17(4)22(29-36-20-11-12-28-14-20)15(2)13-26(7,34-9)19(6)16(3)23(30)18(5)25(32)35-21/h15-21,24,28,31,33H,10-14H2,1-9H3/t15-,16-,17+,18-,19-,20?,21-,24+,26-,27-/m1/s1. The SMILES string of the molecule is CC[C@H]1OC(=O)[C@H](C)C(=O)[C@H](C)[C@@H](C)[C@](C)(OC)C[C@@H](C)C(=NOC2CCNC2)[C@H](C)[C@H](O)[C@]1(C)O. The van der Waals surface area contributed by atoms with E-state index in [0.29, 0.717) is 18.7 Å². The van der Waals surface area contributed by atoms with Crippen molar-refractivity contribution < 1.29 is 34.1 Å².